The van der Waals surface area contributed by atoms with E-state index in [1.807, 2.05) is 18.2 Å². The van der Waals surface area contributed by atoms with Crippen LogP contribution < -0.4 is 10.6 Å². The van der Waals surface area contributed by atoms with Crippen molar-refractivity contribution in [3.8, 4) is 0 Å². The number of rotatable bonds is 1. The molecule has 2 unspecified atom stereocenters. The first kappa shape index (κ1) is 11.4. The normalized spacial score (nSPS) is 24.7. The predicted octanol–water partition coefficient (Wildman–Crippen LogP) is 2.89. The SMILES string of the molecule is CC1CC(C)CN(c2nc3cc(N)ccc3o2)C1. The molecule has 2 atom stereocenters. The van der Waals surface area contributed by atoms with Gasteiger partial charge in [0, 0.05) is 18.8 Å². The van der Waals surface area contributed by atoms with Crippen LogP contribution >= 0.6 is 0 Å². The molecule has 0 spiro atoms. The Kier molecular flexibility index (Phi) is 2.65. The van der Waals surface area contributed by atoms with Crippen LogP contribution in [0.4, 0.5) is 11.7 Å². The Hall–Kier alpha value is -1.71. The summed E-state index contributed by atoms with van der Waals surface area (Å²) in [6.07, 6.45) is 1.28. The van der Waals surface area contributed by atoms with Crippen LogP contribution in [0.5, 0.6) is 0 Å². The van der Waals surface area contributed by atoms with Crippen molar-refractivity contribution in [1.29, 1.82) is 0 Å². The maximum atomic E-state index is 5.82. The number of benzene rings is 1. The molecule has 0 bridgehead atoms. The van der Waals surface area contributed by atoms with E-state index in [1.165, 1.54) is 6.42 Å². The van der Waals surface area contributed by atoms with Crippen LogP contribution in [0.15, 0.2) is 22.6 Å². The minimum absolute atomic E-state index is 0.689. The van der Waals surface area contributed by atoms with Gasteiger partial charge in [-0.3, -0.25) is 0 Å². The first-order chi connectivity index (χ1) is 8.61. The summed E-state index contributed by atoms with van der Waals surface area (Å²) in [5.41, 5.74) is 8.14. The van der Waals surface area contributed by atoms with Gasteiger partial charge in [0.2, 0.25) is 0 Å². The van der Waals surface area contributed by atoms with Gasteiger partial charge in [-0.25, -0.2) is 0 Å². The quantitative estimate of drug-likeness (QED) is 0.785. The maximum Gasteiger partial charge on any atom is 0.298 e. The van der Waals surface area contributed by atoms with Crippen molar-refractivity contribution >= 4 is 22.8 Å². The van der Waals surface area contributed by atoms with Crippen LogP contribution in [0.3, 0.4) is 0 Å². The van der Waals surface area contributed by atoms with Crippen molar-refractivity contribution in [2.45, 2.75) is 20.3 Å². The lowest BCUT2D eigenvalue weighted by Crippen LogP contribution is -2.38. The molecule has 3 rings (SSSR count). The number of nitrogens with two attached hydrogens (primary N) is 1. The highest BCUT2D eigenvalue weighted by Crippen LogP contribution is 2.28. The maximum absolute atomic E-state index is 5.82. The number of aromatic nitrogens is 1. The minimum Gasteiger partial charge on any atom is -0.423 e. The largest absolute Gasteiger partial charge is 0.423 e. The summed E-state index contributed by atoms with van der Waals surface area (Å²) < 4.78 is 5.82. The van der Waals surface area contributed by atoms with Crippen LogP contribution in [0.1, 0.15) is 20.3 Å². The number of hydrogen-bond acceptors (Lipinski definition) is 4. The number of piperidine rings is 1. The summed E-state index contributed by atoms with van der Waals surface area (Å²) in [4.78, 5) is 6.79. The second kappa shape index (κ2) is 4.19. The molecule has 0 radical (unpaired) electrons. The van der Waals surface area contributed by atoms with Gasteiger partial charge in [0.1, 0.15) is 5.52 Å². The van der Waals surface area contributed by atoms with Crippen molar-refractivity contribution in [3.63, 3.8) is 0 Å². The highest BCUT2D eigenvalue weighted by atomic mass is 16.4. The molecule has 1 fully saturated rings. The lowest BCUT2D eigenvalue weighted by atomic mass is 9.92. The fourth-order valence-corrected chi connectivity index (χ4v) is 2.89. The van der Waals surface area contributed by atoms with Crippen LogP contribution in [-0.4, -0.2) is 18.1 Å². The van der Waals surface area contributed by atoms with E-state index in [2.05, 4.69) is 23.7 Å². The molecule has 1 aromatic heterocycles. The number of fused-ring (bicyclic) bond motifs is 1. The van der Waals surface area contributed by atoms with Gasteiger partial charge in [-0.15, -0.1) is 0 Å². The molecule has 0 aliphatic carbocycles. The van der Waals surface area contributed by atoms with Crippen LogP contribution in [-0.2, 0) is 0 Å². The second-order valence-corrected chi connectivity index (χ2v) is 5.57. The number of anilines is 2. The molecular weight excluding hydrogens is 226 g/mol. The van der Waals surface area contributed by atoms with Crippen molar-refractivity contribution in [2.24, 2.45) is 11.8 Å². The van der Waals surface area contributed by atoms with E-state index in [-0.39, 0.29) is 0 Å². The third kappa shape index (κ3) is 2.03. The van der Waals surface area contributed by atoms with Crippen LogP contribution in [0, 0.1) is 11.8 Å². The van der Waals surface area contributed by atoms with E-state index in [0.717, 1.165) is 35.9 Å². The number of oxazole rings is 1. The smallest absolute Gasteiger partial charge is 0.298 e. The number of nitrogens with zero attached hydrogens (tertiary/aromatic N) is 2. The summed E-state index contributed by atoms with van der Waals surface area (Å²) in [7, 11) is 0. The van der Waals surface area contributed by atoms with E-state index in [4.69, 9.17) is 10.2 Å². The van der Waals surface area contributed by atoms with Crippen molar-refractivity contribution < 1.29 is 4.42 Å². The molecule has 4 heteroatoms. The van der Waals surface area contributed by atoms with Crippen molar-refractivity contribution in [3.05, 3.63) is 18.2 Å². The van der Waals surface area contributed by atoms with Gasteiger partial charge in [-0.2, -0.15) is 4.98 Å². The van der Waals surface area contributed by atoms with E-state index < -0.39 is 0 Å². The van der Waals surface area contributed by atoms with Crippen molar-refractivity contribution in [1.82, 2.24) is 4.98 Å². The lowest BCUT2D eigenvalue weighted by molar-refractivity contribution is 0.343. The Bertz CT molecular complexity index is 553. The molecule has 2 N–H and O–H groups in total. The standard InChI is InChI=1S/C14H19N3O/c1-9-5-10(2)8-17(7-9)14-16-12-6-11(15)3-4-13(12)18-14/h3-4,6,9-10H,5,7-8,15H2,1-2H3. The van der Waals surface area contributed by atoms with Gasteiger partial charge in [-0.05, 0) is 36.5 Å². The molecule has 1 aliphatic heterocycles. The van der Waals surface area contributed by atoms with Gasteiger partial charge >= 0.3 is 0 Å². The molecule has 4 nitrogen and oxygen atoms in total. The summed E-state index contributed by atoms with van der Waals surface area (Å²) in [5, 5.41) is 0. The fraction of sp³-hybridized carbons (Fsp3) is 0.500. The zero-order valence-electron chi connectivity index (χ0n) is 10.9. The van der Waals surface area contributed by atoms with Crippen LogP contribution in [0.25, 0.3) is 11.1 Å². The molecule has 1 aliphatic rings. The number of nitrogen functional groups attached to an aromatic ring is 1. The zero-order valence-corrected chi connectivity index (χ0v) is 10.9. The van der Waals surface area contributed by atoms with Gasteiger partial charge in [0.25, 0.3) is 6.01 Å². The summed E-state index contributed by atoms with van der Waals surface area (Å²) in [6, 6.07) is 6.32. The Morgan fingerprint density at radius 1 is 1.28 bits per heavy atom. The Labute approximate surface area is 107 Å². The van der Waals surface area contributed by atoms with Crippen molar-refractivity contribution in [2.75, 3.05) is 23.7 Å². The molecule has 0 amide bonds. The monoisotopic (exact) mass is 245 g/mol. The summed E-state index contributed by atoms with van der Waals surface area (Å²) >= 11 is 0. The van der Waals surface area contributed by atoms with Gasteiger partial charge < -0.3 is 15.1 Å². The van der Waals surface area contributed by atoms with Gasteiger partial charge in [0.15, 0.2) is 5.58 Å². The topological polar surface area (TPSA) is 55.3 Å². The fourth-order valence-electron chi connectivity index (χ4n) is 2.89. The van der Waals surface area contributed by atoms with Crippen LogP contribution in [0.2, 0.25) is 0 Å². The molecule has 1 aromatic carbocycles. The van der Waals surface area contributed by atoms with Gasteiger partial charge in [-0.1, -0.05) is 13.8 Å². The average molecular weight is 245 g/mol. The third-order valence-corrected chi connectivity index (χ3v) is 3.54. The molecule has 18 heavy (non-hydrogen) atoms. The number of hydrogen-bond donors (Lipinski definition) is 1. The molecule has 1 saturated heterocycles. The first-order valence-corrected chi connectivity index (χ1v) is 6.53. The predicted molar refractivity (Wildman–Crippen MR) is 73.6 cm³/mol. The second-order valence-electron chi connectivity index (χ2n) is 5.57. The summed E-state index contributed by atoms with van der Waals surface area (Å²) in [5.74, 6) is 1.38. The first-order valence-electron chi connectivity index (χ1n) is 6.53. The van der Waals surface area contributed by atoms with E-state index in [9.17, 15) is 0 Å². The lowest BCUT2D eigenvalue weighted by Gasteiger charge is -2.33. The highest BCUT2D eigenvalue weighted by Gasteiger charge is 2.25. The molecule has 2 heterocycles. The molecular formula is C14H19N3O. The molecule has 0 saturated carbocycles. The zero-order chi connectivity index (χ0) is 12.7. The molecule has 2 aromatic rings. The Balaban J connectivity index is 1.93. The summed E-state index contributed by atoms with van der Waals surface area (Å²) in [6.45, 7) is 6.60. The Morgan fingerprint density at radius 3 is 2.72 bits per heavy atom. The minimum atomic E-state index is 0.689. The highest BCUT2D eigenvalue weighted by molar-refractivity contribution is 5.78. The van der Waals surface area contributed by atoms with Gasteiger partial charge in [0.05, 0.1) is 0 Å². The van der Waals surface area contributed by atoms with E-state index in [1.54, 1.807) is 0 Å². The Morgan fingerprint density at radius 2 is 2.00 bits per heavy atom. The third-order valence-electron chi connectivity index (χ3n) is 3.54. The average Bonchev–Trinajstić information content (AvgIpc) is 2.70. The van der Waals surface area contributed by atoms with E-state index in [0.29, 0.717) is 11.8 Å². The molecule has 96 valence electrons. The van der Waals surface area contributed by atoms with E-state index >= 15 is 0 Å².